The molecule has 0 unspecified atom stereocenters. The number of carboxylic acid groups (broad SMARTS) is 1. The largest absolute Gasteiger partial charge is 0.481 e. The normalized spacial score (nSPS) is 18.8. The third kappa shape index (κ3) is 2.41. The summed E-state index contributed by atoms with van der Waals surface area (Å²) in [7, 11) is 2.11. The molecule has 1 fully saturated rings. The fourth-order valence-electron chi connectivity index (χ4n) is 2.22. The van der Waals surface area contributed by atoms with Crippen LogP contribution in [0.2, 0.25) is 0 Å². The van der Waals surface area contributed by atoms with E-state index in [4.69, 9.17) is 5.11 Å². The molecule has 2 heterocycles. The topological polar surface area (TPSA) is 58.4 Å². The summed E-state index contributed by atoms with van der Waals surface area (Å²) in [5.74, 6) is -0.151. The summed E-state index contributed by atoms with van der Waals surface area (Å²) < 4.78 is 2.03. The quantitative estimate of drug-likeness (QED) is 0.822. The van der Waals surface area contributed by atoms with Gasteiger partial charge in [-0.2, -0.15) is 0 Å². The fraction of sp³-hybridized carbons (Fsp3) is 0.636. The maximum absolute atomic E-state index is 10.7. The maximum atomic E-state index is 10.7. The van der Waals surface area contributed by atoms with Gasteiger partial charge in [0.05, 0.1) is 0 Å². The van der Waals surface area contributed by atoms with Crippen LogP contribution in [0.15, 0.2) is 12.4 Å². The predicted molar refractivity (Wildman–Crippen MR) is 59.3 cm³/mol. The lowest BCUT2D eigenvalue weighted by Gasteiger charge is -2.30. The number of piperidine rings is 1. The van der Waals surface area contributed by atoms with Crippen LogP contribution in [0.4, 0.5) is 0 Å². The smallest absolute Gasteiger partial charge is 0.311 e. The number of hydrogen-bond donors (Lipinski definition) is 1. The zero-order valence-electron chi connectivity index (χ0n) is 9.46. The van der Waals surface area contributed by atoms with E-state index in [2.05, 4.69) is 16.9 Å². The van der Waals surface area contributed by atoms with Gasteiger partial charge in [0.25, 0.3) is 0 Å². The van der Waals surface area contributed by atoms with Gasteiger partial charge in [0.15, 0.2) is 0 Å². The summed E-state index contributed by atoms with van der Waals surface area (Å²) in [5, 5.41) is 8.79. The van der Waals surface area contributed by atoms with E-state index >= 15 is 0 Å². The Bertz CT molecular complexity index is 367. The van der Waals surface area contributed by atoms with Crippen LogP contribution in [-0.4, -0.2) is 45.7 Å². The molecule has 0 amide bonds. The van der Waals surface area contributed by atoms with Crippen molar-refractivity contribution in [2.45, 2.75) is 25.3 Å². The molecule has 5 heteroatoms. The number of aromatic nitrogens is 2. The lowest BCUT2D eigenvalue weighted by Crippen LogP contribution is -2.32. The highest BCUT2D eigenvalue weighted by atomic mass is 16.4. The summed E-state index contributed by atoms with van der Waals surface area (Å²) in [6.45, 7) is 2.13. The number of aliphatic carboxylic acids is 1. The second-order valence-corrected chi connectivity index (χ2v) is 4.36. The summed E-state index contributed by atoms with van der Waals surface area (Å²) in [6, 6.07) is 0.410. The van der Waals surface area contributed by atoms with E-state index in [1.54, 1.807) is 6.20 Å². The average Bonchev–Trinajstić information content (AvgIpc) is 2.66. The molecule has 0 radical (unpaired) electrons. The first-order valence-electron chi connectivity index (χ1n) is 5.59. The first kappa shape index (κ1) is 11.1. The van der Waals surface area contributed by atoms with Gasteiger partial charge in [-0.15, -0.1) is 0 Å². The molecule has 0 aliphatic carbocycles. The van der Waals surface area contributed by atoms with Crippen LogP contribution in [0.25, 0.3) is 0 Å². The minimum Gasteiger partial charge on any atom is -0.481 e. The van der Waals surface area contributed by atoms with E-state index in [9.17, 15) is 4.79 Å². The van der Waals surface area contributed by atoms with Crippen molar-refractivity contribution in [3.05, 3.63) is 18.2 Å². The van der Waals surface area contributed by atoms with Crippen molar-refractivity contribution >= 4 is 5.97 Å². The van der Waals surface area contributed by atoms with Crippen LogP contribution in [0, 0.1) is 0 Å². The Kier molecular flexibility index (Phi) is 3.24. The van der Waals surface area contributed by atoms with Gasteiger partial charge in [-0.25, -0.2) is 4.98 Å². The monoisotopic (exact) mass is 223 g/mol. The standard InChI is InChI=1S/C11H17N3O2/c1-13-5-2-9(3-6-13)14-7-4-12-10(14)8-11(15)16/h4,7,9H,2-3,5-6,8H2,1H3,(H,15,16). The molecule has 1 aromatic rings. The van der Waals surface area contributed by atoms with E-state index in [0.717, 1.165) is 25.9 Å². The van der Waals surface area contributed by atoms with Crippen LogP contribution >= 0.6 is 0 Å². The van der Waals surface area contributed by atoms with Gasteiger partial charge in [0.1, 0.15) is 12.2 Å². The number of rotatable bonds is 3. The molecule has 1 saturated heterocycles. The van der Waals surface area contributed by atoms with Crippen LogP contribution in [0.3, 0.4) is 0 Å². The minimum absolute atomic E-state index is 0.0132. The molecule has 16 heavy (non-hydrogen) atoms. The van der Waals surface area contributed by atoms with E-state index in [1.807, 2.05) is 10.8 Å². The Morgan fingerprint density at radius 3 is 2.88 bits per heavy atom. The number of imidazole rings is 1. The van der Waals surface area contributed by atoms with Crippen molar-refractivity contribution in [3.8, 4) is 0 Å². The van der Waals surface area contributed by atoms with Gasteiger partial charge in [-0.05, 0) is 33.0 Å². The molecule has 1 aromatic heterocycles. The molecule has 0 atom stereocenters. The highest BCUT2D eigenvalue weighted by Crippen LogP contribution is 2.22. The first-order chi connectivity index (χ1) is 7.66. The summed E-state index contributed by atoms with van der Waals surface area (Å²) in [6.07, 6.45) is 5.74. The zero-order chi connectivity index (χ0) is 11.5. The summed E-state index contributed by atoms with van der Waals surface area (Å²) in [4.78, 5) is 17.1. The van der Waals surface area contributed by atoms with E-state index in [0.29, 0.717) is 11.9 Å². The van der Waals surface area contributed by atoms with E-state index in [1.165, 1.54) is 0 Å². The predicted octanol–water partition coefficient (Wildman–Crippen LogP) is 0.777. The lowest BCUT2D eigenvalue weighted by molar-refractivity contribution is -0.136. The fourth-order valence-corrected chi connectivity index (χ4v) is 2.22. The van der Waals surface area contributed by atoms with Crippen molar-refractivity contribution in [1.29, 1.82) is 0 Å². The SMILES string of the molecule is CN1CCC(n2ccnc2CC(=O)O)CC1. The van der Waals surface area contributed by atoms with Crippen LogP contribution < -0.4 is 0 Å². The molecule has 88 valence electrons. The molecule has 2 rings (SSSR count). The number of carboxylic acids is 1. The van der Waals surface area contributed by atoms with Gasteiger partial charge in [0, 0.05) is 18.4 Å². The Morgan fingerprint density at radius 2 is 2.25 bits per heavy atom. The highest BCUT2D eigenvalue weighted by molar-refractivity contribution is 5.69. The molecule has 5 nitrogen and oxygen atoms in total. The van der Waals surface area contributed by atoms with Crippen molar-refractivity contribution in [2.24, 2.45) is 0 Å². The Labute approximate surface area is 94.7 Å². The van der Waals surface area contributed by atoms with Crippen molar-refractivity contribution in [3.63, 3.8) is 0 Å². The van der Waals surface area contributed by atoms with Gasteiger partial charge in [-0.1, -0.05) is 0 Å². The molecule has 0 bridgehead atoms. The maximum Gasteiger partial charge on any atom is 0.311 e. The molecule has 1 N–H and O–H groups in total. The minimum atomic E-state index is -0.819. The van der Waals surface area contributed by atoms with Crippen molar-refractivity contribution < 1.29 is 9.90 Å². The van der Waals surface area contributed by atoms with Gasteiger partial charge >= 0.3 is 5.97 Å². The van der Waals surface area contributed by atoms with Gasteiger partial charge in [-0.3, -0.25) is 4.79 Å². The van der Waals surface area contributed by atoms with Gasteiger partial charge < -0.3 is 14.6 Å². The molecule has 0 aromatic carbocycles. The van der Waals surface area contributed by atoms with Crippen molar-refractivity contribution in [1.82, 2.24) is 14.5 Å². The third-order valence-electron chi connectivity index (χ3n) is 3.14. The van der Waals surface area contributed by atoms with E-state index < -0.39 is 5.97 Å². The molecular weight excluding hydrogens is 206 g/mol. The van der Waals surface area contributed by atoms with E-state index in [-0.39, 0.29) is 6.42 Å². The van der Waals surface area contributed by atoms with Gasteiger partial charge in [0.2, 0.25) is 0 Å². The Morgan fingerprint density at radius 1 is 1.56 bits per heavy atom. The number of carbonyl (C=O) groups is 1. The second kappa shape index (κ2) is 4.65. The molecule has 1 aliphatic rings. The lowest BCUT2D eigenvalue weighted by atomic mass is 10.1. The molecule has 1 aliphatic heterocycles. The van der Waals surface area contributed by atoms with Crippen LogP contribution in [0.5, 0.6) is 0 Å². The Balaban J connectivity index is 2.08. The second-order valence-electron chi connectivity index (χ2n) is 4.36. The Hall–Kier alpha value is -1.36. The third-order valence-corrected chi connectivity index (χ3v) is 3.14. The van der Waals surface area contributed by atoms with Crippen LogP contribution in [-0.2, 0) is 11.2 Å². The first-order valence-corrected chi connectivity index (χ1v) is 5.59. The summed E-state index contributed by atoms with van der Waals surface area (Å²) in [5.41, 5.74) is 0. The molecular formula is C11H17N3O2. The summed E-state index contributed by atoms with van der Waals surface area (Å²) >= 11 is 0. The van der Waals surface area contributed by atoms with Crippen molar-refractivity contribution in [2.75, 3.05) is 20.1 Å². The molecule has 0 saturated carbocycles. The number of nitrogens with zero attached hydrogens (tertiary/aromatic N) is 3. The number of likely N-dealkylation sites (tertiary alicyclic amines) is 1. The van der Waals surface area contributed by atoms with Crippen LogP contribution in [0.1, 0.15) is 24.7 Å². The zero-order valence-corrected chi connectivity index (χ0v) is 9.46. The number of hydrogen-bond acceptors (Lipinski definition) is 3. The molecule has 0 spiro atoms. The highest BCUT2D eigenvalue weighted by Gasteiger charge is 2.20. The average molecular weight is 223 g/mol.